The van der Waals surface area contributed by atoms with Crippen molar-refractivity contribution in [1.82, 2.24) is 25.9 Å². The normalized spacial score (nSPS) is 14.6. The Hall–Kier alpha value is -3.52. The highest BCUT2D eigenvalue weighted by Crippen LogP contribution is 2.07. The average Bonchev–Trinajstić information content (AvgIpc) is 3.25. The van der Waals surface area contributed by atoms with Gasteiger partial charge in [0.2, 0.25) is 23.6 Å². The molecule has 184 valence electrons. The SMILES string of the molecule is CC(C)C(NC(=O)C(Cc1cnc[nH]1)NC(=O)C(N)CO)C(=O)NC(CCC(N)=O)C(=O)O. The predicted octanol–water partition coefficient (Wildman–Crippen LogP) is -3.27. The summed E-state index contributed by atoms with van der Waals surface area (Å²) in [5, 5.41) is 25.6. The number of aromatic amines is 1. The summed E-state index contributed by atoms with van der Waals surface area (Å²) in [7, 11) is 0. The third kappa shape index (κ3) is 9.24. The van der Waals surface area contributed by atoms with E-state index in [2.05, 4.69) is 25.9 Å². The van der Waals surface area contributed by atoms with Crippen LogP contribution < -0.4 is 27.4 Å². The molecule has 1 aromatic rings. The molecule has 0 spiro atoms. The average molecular weight is 469 g/mol. The summed E-state index contributed by atoms with van der Waals surface area (Å²) in [6, 6.07) is -4.96. The van der Waals surface area contributed by atoms with E-state index in [4.69, 9.17) is 16.6 Å². The molecule has 33 heavy (non-hydrogen) atoms. The molecule has 1 aromatic heterocycles. The van der Waals surface area contributed by atoms with Crippen LogP contribution in [0.2, 0.25) is 0 Å². The van der Waals surface area contributed by atoms with Crippen LogP contribution in [0.15, 0.2) is 12.5 Å². The second kappa shape index (κ2) is 13.1. The van der Waals surface area contributed by atoms with E-state index < -0.39 is 66.3 Å². The zero-order valence-corrected chi connectivity index (χ0v) is 18.4. The number of nitrogens with zero attached hydrogens (tertiary/aromatic N) is 1. The van der Waals surface area contributed by atoms with Crippen LogP contribution in [0.5, 0.6) is 0 Å². The van der Waals surface area contributed by atoms with Crippen molar-refractivity contribution in [3.63, 3.8) is 0 Å². The summed E-state index contributed by atoms with van der Waals surface area (Å²) in [5.41, 5.74) is 11.1. The predicted molar refractivity (Wildman–Crippen MR) is 114 cm³/mol. The smallest absolute Gasteiger partial charge is 0.326 e. The number of rotatable bonds is 14. The molecule has 1 rings (SSSR count). The third-order valence-corrected chi connectivity index (χ3v) is 4.69. The van der Waals surface area contributed by atoms with Crippen LogP contribution in [-0.2, 0) is 30.4 Å². The first kappa shape index (κ1) is 27.5. The van der Waals surface area contributed by atoms with Crippen LogP contribution in [-0.4, -0.2) is 80.6 Å². The molecule has 0 aromatic carbocycles. The number of carbonyl (C=O) groups excluding carboxylic acids is 4. The summed E-state index contributed by atoms with van der Waals surface area (Å²) in [5.74, 6) is -4.83. The van der Waals surface area contributed by atoms with Gasteiger partial charge in [-0.15, -0.1) is 0 Å². The standard InChI is InChI=1S/C19H31N7O7/c1-9(2)15(18(31)24-12(19(32)33)3-4-14(21)28)26-17(30)13(5-10-6-22-8-23-10)25-16(29)11(20)7-27/h6,8-9,11-13,15,27H,3-5,7,20H2,1-2H3,(H2,21,28)(H,22,23)(H,24,31)(H,25,29)(H,26,30)(H,32,33). The Morgan fingerprint density at radius 2 is 1.70 bits per heavy atom. The molecule has 0 aliphatic carbocycles. The highest BCUT2D eigenvalue weighted by Gasteiger charge is 2.32. The summed E-state index contributed by atoms with van der Waals surface area (Å²) >= 11 is 0. The third-order valence-electron chi connectivity index (χ3n) is 4.69. The van der Waals surface area contributed by atoms with Crippen molar-refractivity contribution in [2.24, 2.45) is 17.4 Å². The molecule has 10 N–H and O–H groups in total. The van der Waals surface area contributed by atoms with Gasteiger partial charge in [0.1, 0.15) is 24.2 Å². The zero-order chi connectivity index (χ0) is 25.1. The maximum Gasteiger partial charge on any atom is 0.326 e. The first-order chi connectivity index (χ1) is 15.5. The molecule has 14 nitrogen and oxygen atoms in total. The Morgan fingerprint density at radius 1 is 1.06 bits per heavy atom. The fourth-order valence-corrected chi connectivity index (χ4v) is 2.78. The number of aliphatic hydroxyl groups excluding tert-OH is 1. The van der Waals surface area contributed by atoms with Crippen LogP contribution in [0.3, 0.4) is 0 Å². The van der Waals surface area contributed by atoms with E-state index in [1.54, 1.807) is 13.8 Å². The molecule has 0 saturated heterocycles. The first-order valence-electron chi connectivity index (χ1n) is 10.2. The summed E-state index contributed by atoms with van der Waals surface area (Å²) < 4.78 is 0. The van der Waals surface area contributed by atoms with Crippen molar-refractivity contribution in [3.05, 3.63) is 18.2 Å². The molecule has 0 radical (unpaired) electrons. The Bertz CT molecular complexity index is 828. The summed E-state index contributed by atoms with van der Waals surface area (Å²) in [6.07, 6.45) is 2.35. The molecule has 0 saturated carbocycles. The zero-order valence-electron chi connectivity index (χ0n) is 18.4. The van der Waals surface area contributed by atoms with Crippen molar-refractivity contribution < 1.29 is 34.2 Å². The summed E-state index contributed by atoms with van der Waals surface area (Å²) in [6.45, 7) is 2.63. The van der Waals surface area contributed by atoms with Crippen molar-refractivity contribution >= 4 is 29.6 Å². The Kier molecular flexibility index (Phi) is 10.9. The van der Waals surface area contributed by atoms with E-state index in [0.29, 0.717) is 5.69 Å². The monoisotopic (exact) mass is 469 g/mol. The van der Waals surface area contributed by atoms with Gasteiger partial charge in [0, 0.05) is 24.7 Å². The van der Waals surface area contributed by atoms with Crippen LogP contribution in [0.4, 0.5) is 0 Å². The number of nitrogens with two attached hydrogens (primary N) is 2. The Labute approximate surface area is 189 Å². The first-order valence-corrected chi connectivity index (χ1v) is 10.2. The number of carbonyl (C=O) groups is 5. The number of hydrogen-bond acceptors (Lipinski definition) is 8. The maximum absolute atomic E-state index is 12.9. The minimum Gasteiger partial charge on any atom is -0.480 e. The number of carboxylic acids is 1. The highest BCUT2D eigenvalue weighted by atomic mass is 16.4. The van der Waals surface area contributed by atoms with Gasteiger partial charge >= 0.3 is 5.97 Å². The molecular formula is C19H31N7O7. The lowest BCUT2D eigenvalue weighted by Crippen LogP contribution is -2.59. The van der Waals surface area contributed by atoms with E-state index in [1.165, 1.54) is 12.5 Å². The fraction of sp³-hybridized carbons (Fsp3) is 0.579. The summed E-state index contributed by atoms with van der Waals surface area (Å²) in [4.78, 5) is 66.8. The van der Waals surface area contributed by atoms with Gasteiger partial charge < -0.3 is 42.6 Å². The van der Waals surface area contributed by atoms with Gasteiger partial charge in [-0.05, 0) is 12.3 Å². The molecule has 1 heterocycles. The Morgan fingerprint density at radius 3 is 2.18 bits per heavy atom. The number of primary amides is 1. The molecule has 4 atom stereocenters. The number of aromatic nitrogens is 2. The minimum atomic E-state index is -1.38. The molecule has 4 amide bonds. The van der Waals surface area contributed by atoms with E-state index in [0.717, 1.165) is 0 Å². The largest absolute Gasteiger partial charge is 0.480 e. The number of aliphatic carboxylic acids is 1. The Balaban J connectivity index is 2.98. The second-order valence-corrected chi connectivity index (χ2v) is 7.77. The lowest BCUT2D eigenvalue weighted by Gasteiger charge is -2.27. The van der Waals surface area contributed by atoms with Crippen molar-refractivity contribution in [2.75, 3.05) is 6.61 Å². The lowest BCUT2D eigenvalue weighted by atomic mass is 10.0. The number of imidazole rings is 1. The van der Waals surface area contributed by atoms with Crippen LogP contribution in [0, 0.1) is 5.92 Å². The van der Waals surface area contributed by atoms with Gasteiger partial charge in [-0.2, -0.15) is 0 Å². The van der Waals surface area contributed by atoms with Gasteiger partial charge in [-0.1, -0.05) is 13.8 Å². The van der Waals surface area contributed by atoms with Crippen molar-refractivity contribution in [2.45, 2.75) is 57.3 Å². The number of amides is 4. The van der Waals surface area contributed by atoms with Crippen LogP contribution in [0.25, 0.3) is 0 Å². The van der Waals surface area contributed by atoms with E-state index in [-0.39, 0.29) is 19.3 Å². The minimum absolute atomic E-state index is 0.0154. The maximum atomic E-state index is 12.9. The van der Waals surface area contributed by atoms with Crippen molar-refractivity contribution in [3.8, 4) is 0 Å². The number of H-pyrrole nitrogens is 1. The highest BCUT2D eigenvalue weighted by molar-refractivity contribution is 5.94. The van der Waals surface area contributed by atoms with Gasteiger partial charge in [-0.3, -0.25) is 19.2 Å². The number of hydrogen-bond donors (Lipinski definition) is 8. The van der Waals surface area contributed by atoms with Gasteiger partial charge in [0.05, 0.1) is 12.9 Å². The molecule has 0 fully saturated rings. The van der Waals surface area contributed by atoms with Gasteiger partial charge in [0.15, 0.2) is 0 Å². The molecule has 0 aliphatic heterocycles. The lowest BCUT2D eigenvalue weighted by molar-refractivity contribution is -0.143. The van der Waals surface area contributed by atoms with Crippen LogP contribution in [0.1, 0.15) is 32.4 Å². The topological polar surface area (TPSA) is 243 Å². The van der Waals surface area contributed by atoms with E-state index >= 15 is 0 Å². The quantitative estimate of drug-likeness (QED) is 0.136. The fourth-order valence-electron chi connectivity index (χ4n) is 2.78. The van der Waals surface area contributed by atoms with E-state index in [9.17, 15) is 29.1 Å². The van der Waals surface area contributed by atoms with Gasteiger partial charge in [0.25, 0.3) is 0 Å². The van der Waals surface area contributed by atoms with Crippen molar-refractivity contribution in [1.29, 1.82) is 0 Å². The molecule has 14 heteroatoms. The number of nitrogens with one attached hydrogen (secondary N) is 4. The van der Waals surface area contributed by atoms with E-state index in [1.807, 2.05) is 0 Å². The second-order valence-electron chi connectivity index (χ2n) is 7.77. The molecule has 0 bridgehead atoms. The van der Waals surface area contributed by atoms with Gasteiger partial charge in [-0.25, -0.2) is 9.78 Å². The molecule has 0 aliphatic rings. The van der Waals surface area contributed by atoms with Crippen LogP contribution >= 0.6 is 0 Å². The molecule has 4 unspecified atom stereocenters. The number of carboxylic acid groups (broad SMARTS) is 1. The molecular weight excluding hydrogens is 438 g/mol. The number of aliphatic hydroxyl groups is 1.